The number of hydrogen-bond acceptors (Lipinski definition) is 3. The average Bonchev–Trinajstić information content (AvgIpc) is 3.18. The van der Waals surface area contributed by atoms with E-state index in [-0.39, 0.29) is 35.6 Å². The SMILES string of the molecule is Cc1cn([C@@H]2C[C@@H]2F)c2c(C)c(N3C[C@]4(N)CCC[C@]4(F)C3)c(F)cc2c1=O. The average molecular weight is 391 g/mol. The van der Waals surface area contributed by atoms with Gasteiger partial charge in [0, 0.05) is 30.1 Å². The van der Waals surface area contributed by atoms with Crippen LogP contribution in [0.25, 0.3) is 10.9 Å². The molecule has 2 N–H and O–H groups in total. The molecular formula is C21H24F3N3O. The fraction of sp³-hybridized carbons (Fsp3) is 0.571. The Kier molecular flexibility index (Phi) is 3.56. The van der Waals surface area contributed by atoms with Gasteiger partial charge in [0.1, 0.15) is 17.7 Å². The molecule has 4 atom stereocenters. The van der Waals surface area contributed by atoms with Crippen LogP contribution in [0.5, 0.6) is 0 Å². The lowest BCUT2D eigenvalue weighted by Crippen LogP contribution is -2.53. The second-order valence-corrected chi connectivity index (χ2v) is 8.93. The summed E-state index contributed by atoms with van der Waals surface area (Å²) in [5, 5.41) is 0.245. The minimum atomic E-state index is -1.53. The zero-order valence-corrected chi connectivity index (χ0v) is 16.1. The van der Waals surface area contributed by atoms with Gasteiger partial charge in [-0.15, -0.1) is 0 Å². The highest BCUT2D eigenvalue weighted by Crippen LogP contribution is 2.49. The number of alkyl halides is 2. The second-order valence-electron chi connectivity index (χ2n) is 8.93. The van der Waals surface area contributed by atoms with Gasteiger partial charge in [0.05, 0.1) is 29.3 Å². The summed E-state index contributed by atoms with van der Waals surface area (Å²) in [6.07, 6.45) is 2.76. The molecule has 3 aliphatic rings. The van der Waals surface area contributed by atoms with E-state index in [1.807, 2.05) is 0 Å². The van der Waals surface area contributed by atoms with Gasteiger partial charge in [-0.05, 0) is 44.7 Å². The van der Waals surface area contributed by atoms with Crippen molar-refractivity contribution < 1.29 is 13.2 Å². The molecule has 1 saturated heterocycles. The van der Waals surface area contributed by atoms with Crippen LogP contribution in [0.3, 0.4) is 0 Å². The fourth-order valence-corrected chi connectivity index (χ4v) is 5.37. The normalized spacial score (nSPS) is 34.3. The van der Waals surface area contributed by atoms with E-state index in [9.17, 15) is 9.18 Å². The van der Waals surface area contributed by atoms with E-state index in [0.717, 1.165) is 6.42 Å². The first-order chi connectivity index (χ1) is 13.2. The summed E-state index contributed by atoms with van der Waals surface area (Å²) in [7, 11) is 0. The van der Waals surface area contributed by atoms with Gasteiger partial charge < -0.3 is 15.2 Å². The lowest BCUT2D eigenvalue weighted by atomic mass is 9.89. The van der Waals surface area contributed by atoms with Crippen LogP contribution in [-0.4, -0.2) is 35.0 Å². The Labute approximate surface area is 161 Å². The highest BCUT2D eigenvalue weighted by atomic mass is 19.1. The third-order valence-corrected chi connectivity index (χ3v) is 7.01. The second kappa shape index (κ2) is 5.53. The molecule has 2 aromatic rings. The highest BCUT2D eigenvalue weighted by Gasteiger charge is 2.60. The maximum Gasteiger partial charge on any atom is 0.192 e. The van der Waals surface area contributed by atoms with Crippen molar-refractivity contribution in [3.63, 3.8) is 0 Å². The standard InChI is InChI=1S/C21H24F3N3O/c1-11-8-27(16-7-14(16)22)17-12(2)18(15(23)6-13(17)19(11)28)26-9-20(24)4-3-5-21(20,25)10-26/h6,8,14,16H,3-5,7,9-10,25H2,1-2H3/t14-,16+,20-,21+/m0/s1. The molecule has 28 heavy (non-hydrogen) atoms. The third kappa shape index (κ3) is 2.25. The number of benzene rings is 1. The summed E-state index contributed by atoms with van der Waals surface area (Å²) in [5.41, 5.74) is 5.38. The van der Waals surface area contributed by atoms with Crippen molar-refractivity contribution in [1.82, 2.24) is 4.57 Å². The summed E-state index contributed by atoms with van der Waals surface area (Å²) < 4.78 is 46.2. The first-order valence-corrected chi connectivity index (χ1v) is 9.87. The molecule has 4 nitrogen and oxygen atoms in total. The number of hydrogen-bond donors (Lipinski definition) is 1. The smallest absolute Gasteiger partial charge is 0.192 e. The quantitative estimate of drug-likeness (QED) is 0.853. The van der Waals surface area contributed by atoms with Crippen molar-refractivity contribution in [2.24, 2.45) is 5.73 Å². The molecule has 0 bridgehead atoms. The molecule has 0 spiro atoms. The lowest BCUT2D eigenvalue weighted by molar-refractivity contribution is 0.134. The number of pyridine rings is 1. The predicted octanol–water partition coefficient (Wildman–Crippen LogP) is 3.45. The van der Waals surface area contributed by atoms with Crippen LogP contribution in [0, 0.1) is 19.7 Å². The monoisotopic (exact) mass is 391 g/mol. The van der Waals surface area contributed by atoms with Crippen molar-refractivity contribution in [1.29, 1.82) is 0 Å². The van der Waals surface area contributed by atoms with E-state index in [4.69, 9.17) is 5.73 Å². The van der Waals surface area contributed by atoms with Crippen LogP contribution in [0.4, 0.5) is 18.9 Å². The van der Waals surface area contributed by atoms with Crippen LogP contribution < -0.4 is 16.1 Å². The van der Waals surface area contributed by atoms with Crippen LogP contribution in [-0.2, 0) is 0 Å². The summed E-state index contributed by atoms with van der Waals surface area (Å²) in [6, 6.07) is 0.881. The number of aryl methyl sites for hydroxylation is 2. The summed E-state index contributed by atoms with van der Waals surface area (Å²) in [5.74, 6) is -0.556. The van der Waals surface area contributed by atoms with E-state index >= 15 is 8.78 Å². The van der Waals surface area contributed by atoms with Gasteiger partial charge >= 0.3 is 0 Å². The Morgan fingerprint density at radius 2 is 1.96 bits per heavy atom. The zero-order valence-electron chi connectivity index (χ0n) is 16.1. The molecule has 1 aromatic heterocycles. The molecule has 0 unspecified atom stereocenters. The van der Waals surface area contributed by atoms with E-state index in [1.165, 1.54) is 6.07 Å². The molecule has 3 fully saturated rings. The largest absolute Gasteiger partial charge is 0.364 e. The minimum Gasteiger partial charge on any atom is -0.364 e. The summed E-state index contributed by atoms with van der Waals surface area (Å²) in [6.45, 7) is 3.65. The number of aromatic nitrogens is 1. The maximum absolute atomic E-state index is 15.4. The molecule has 7 heteroatoms. The molecule has 5 rings (SSSR count). The summed E-state index contributed by atoms with van der Waals surface area (Å²) in [4.78, 5) is 14.3. The number of fused-ring (bicyclic) bond motifs is 2. The van der Waals surface area contributed by atoms with Crippen molar-refractivity contribution >= 4 is 16.6 Å². The number of rotatable bonds is 2. The van der Waals surface area contributed by atoms with Crippen molar-refractivity contribution in [2.75, 3.05) is 18.0 Å². The number of anilines is 1. The minimum absolute atomic E-state index is 0.0397. The van der Waals surface area contributed by atoms with Crippen LogP contribution in [0.15, 0.2) is 17.1 Å². The molecule has 1 aliphatic heterocycles. The van der Waals surface area contributed by atoms with Crippen LogP contribution >= 0.6 is 0 Å². The van der Waals surface area contributed by atoms with Gasteiger partial charge in [0.25, 0.3) is 0 Å². The Morgan fingerprint density at radius 1 is 1.25 bits per heavy atom. The molecular weight excluding hydrogens is 367 g/mol. The molecule has 2 aliphatic carbocycles. The Hall–Kier alpha value is -2.02. The molecule has 1 aromatic carbocycles. The third-order valence-electron chi connectivity index (χ3n) is 7.01. The Balaban J connectivity index is 1.71. The van der Waals surface area contributed by atoms with Crippen molar-refractivity contribution in [3.05, 3.63) is 39.4 Å². The van der Waals surface area contributed by atoms with Gasteiger partial charge in [0.2, 0.25) is 0 Å². The van der Waals surface area contributed by atoms with Gasteiger partial charge in [-0.2, -0.15) is 0 Å². The summed E-state index contributed by atoms with van der Waals surface area (Å²) >= 11 is 0. The van der Waals surface area contributed by atoms with Crippen LogP contribution in [0.2, 0.25) is 0 Å². The first-order valence-electron chi connectivity index (χ1n) is 9.87. The predicted molar refractivity (Wildman–Crippen MR) is 103 cm³/mol. The van der Waals surface area contributed by atoms with Gasteiger partial charge in [-0.1, -0.05) is 0 Å². The number of nitrogens with two attached hydrogens (primary N) is 1. The highest BCUT2D eigenvalue weighted by molar-refractivity contribution is 5.88. The Bertz CT molecular complexity index is 1050. The van der Waals surface area contributed by atoms with Gasteiger partial charge in [0.15, 0.2) is 5.43 Å². The number of halogens is 3. The first kappa shape index (κ1) is 18.0. The lowest BCUT2D eigenvalue weighted by Gasteiger charge is -2.27. The topological polar surface area (TPSA) is 51.3 Å². The van der Waals surface area contributed by atoms with E-state index in [2.05, 4.69) is 0 Å². The molecule has 2 heterocycles. The molecule has 0 radical (unpaired) electrons. The van der Waals surface area contributed by atoms with Crippen molar-refractivity contribution in [2.45, 2.75) is 63.0 Å². The van der Waals surface area contributed by atoms with E-state index in [1.54, 1.807) is 29.5 Å². The fourth-order valence-electron chi connectivity index (χ4n) is 5.37. The van der Waals surface area contributed by atoms with Crippen LogP contribution in [0.1, 0.15) is 42.9 Å². The zero-order chi connectivity index (χ0) is 20.0. The molecule has 0 amide bonds. The van der Waals surface area contributed by atoms with Gasteiger partial charge in [-0.3, -0.25) is 4.79 Å². The molecule has 2 saturated carbocycles. The van der Waals surface area contributed by atoms with Crippen molar-refractivity contribution in [3.8, 4) is 0 Å². The van der Waals surface area contributed by atoms with Gasteiger partial charge in [-0.25, -0.2) is 13.2 Å². The Morgan fingerprint density at radius 3 is 2.61 bits per heavy atom. The van der Waals surface area contributed by atoms with E-state index in [0.29, 0.717) is 35.9 Å². The number of nitrogens with zero attached hydrogens (tertiary/aromatic N) is 2. The maximum atomic E-state index is 15.4. The van der Waals surface area contributed by atoms with E-state index < -0.39 is 23.2 Å². The molecule has 150 valence electrons.